The van der Waals surface area contributed by atoms with Crippen molar-refractivity contribution >= 4 is 28.5 Å². The minimum atomic E-state index is 0.0235. The Balaban J connectivity index is 2.24. The molecule has 5 heteroatoms. The van der Waals surface area contributed by atoms with Crippen molar-refractivity contribution in [2.75, 3.05) is 26.3 Å². The molecule has 2 rings (SSSR count). The third kappa shape index (κ3) is 3.82. The average Bonchev–Trinajstić information content (AvgIpc) is 2.38. The van der Waals surface area contributed by atoms with E-state index in [9.17, 15) is 4.79 Å². The van der Waals surface area contributed by atoms with E-state index in [-0.39, 0.29) is 12.0 Å². The molecular weight excluding hydrogens is 357 g/mol. The van der Waals surface area contributed by atoms with E-state index in [1.54, 1.807) is 0 Å². The molecule has 1 amide bonds. The molecule has 1 aliphatic rings. The summed E-state index contributed by atoms with van der Waals surface area (Å²) >= 11 is 2.22. The maximum absolute atomic E-state index is 12.5. The first-order chi connectivity index (χ1) is 9.08. The Hall–Kier alpha value is -0.820. The number of benzene rings is 1. The Morgan fingerprint density at radius 3 is 2.68 bits per heavy atom. The number of ether oxygens (including phenoxy) is 2. The van der Waals surface area contributed by atoms with Crippen molar-refractivity contribution in [3.63, 3.8) is 0 Å². The van der Waals surface area contributed by atoms with Gasteiger partial charge in [0.25, 0.3) is 5.91 Å². The molecule has 0 unspecified atom stereocenters. The second-order valence-electron chi connectivity index (χ2n) is 4.71. The predicted octanol–water partition coefficient (Wildman–Crippen LogP) is 2.55. The summed E-state index contributed by atoms with van der Waals surface area (Å²) in [6, 6.07) is 5.69. The van der Waals surface area contributed by atoms with Crippen molar-refractivity contribution < 1.29 is 14.3 Å². The maximum Gasteiger partial charge on any atom is 0.257 e. The number of rotatable bonds is 3. The average molecular weight is 375 g/mol. The first-order valence-corrected chi connectivity index (χ1v) is 7.49. The van der Waals surface area contributed by atoms with E-state index in [0.29, 0.717) is 37.6 Å². The monoisotopic (exact) mass is 375 g/mol. The van der Waals surface area contributed by atoms with Gasteiger partial charge in [0.1, 0.15) is 5.75 Å². The number of halogens is 1. The maximum atomic E-state index is 12.5. The van der Waals surface area contributed by atoms with Gasteiger partial charge >= 0.3 is 0 Å². The van der Waals surface area contributed by atoms with Crippen molar-refractivity contribution in [1.82, 2.24) is 4.90 Å². The Kier molecular flexibility index (Phi) is 5.04. The topological polar surface area (TPSA) is 38.8 Å². The molecule has 104 valence electrons. The van der Waals surface area contributed by atoms with Crippen LogP contribution in [0, 0.1) is 3.57 Å². The van der Waals surface area contributed by atoms with Crippen LogP contribution in [0.5, 0.6) is 5.75 Å². The van der Waals surface area contributed by atoms with Gasteiger partial charge in [-0.2, -0.15) is 0 Å². The molecule has 0 atom stereocenters. The summed E-state index contributed by atoms with van der Waals surface area (Å²) in [6.07, 6.45) is 0.0504. The molecular formula is C14H18INO3. The van der Waals surface area contributed by atoms with Gasteiger partial charge in [0, 0.05) is 16.7 Å². The molecule has 1 aromatic carbocycles. The zero-order valence-electron chi connectivity index (χ0n) is 11.2. The predicted molar refractivity (Wildman–Crippen MR) is 81.6 cm³/mol. The Morgan fingerprint density at radius 2 is 2.05 bits per heavy atom. The highest BCUT2D eigenvalue weighted by Crippen LogP contribution is 2.24. The zero-order chi connectivity index (χ0) is 13.8. The minimum Gasteiger partial charge on any atom is -0.490 e. The second kappa shape index (κ2) is 6.56. The van der Waals surface area contributed by atoms with Crippen LogP contribution in [-0.4, -0.2) is 43.2 Å². The fourth-order valence-electron chi connectivity index (χ4n) is 1.96. The van der Waals surface area contributed by atoms with Crippen molar-refractivity contribution in [1.29, 1.82) is 0 Å². The Morgan fingerprint density at radius 1 is 1.37 bits per heavy atom. The van der Waals surface area contributed by atoms with Crippen LogP contribution in [-0.2, 0) is 4.74 Å². The van der Waals surface area contributed by atoms with Gasteiger partial charge in [0.05, 0.1) is 24.9 Å². The summed E-state index contributed by atoms with van der Waals surface area (Å²) < 4.78 is 12.1. The van der Waals surface area contributed by atoms with E-state index >= 15 is 0 Å². The lowest BCUT2D eigenvalue weighted by Gasteiger charge is -2.27. The molecule has 0 N–H and O–H groups in total. The van der Waals surface area contributed by atoms with Gasteiger partial charge in [-0.05, 0) is 54.6 Å². The quantitative estimate of drug-likeness (QED) is 0.763. The number of nitrogens with zero attached hydrogens (tertiary/aromatic N) is 1. The van der Waals surface area contributed by atoms with Gasteiger partial charge in [-0.1, -0.05) is 0 Å². The van der Waals surface area contributed by atoms with Crippen LogP contribution in [0.15, 0.2) is 18.2 Å². The van der Waals surface area contributed by atoms with Crippen LogP contribution in [0.3, 0.4) is 0 Å². The third-order valence-corrected chi connectivity index (χ3v) is 3.51. The molecule has 0 bridgehead atoms. The lowest BCUT2D eigenvalue weighted by molar-refractivity contribution is 0.0299. The number of hydrogen-bond donors (Lipinski definition) is 0. The number of amides is 1. The highest BCUT2D eigenvalue weighted by Gasteiger charge is 2.22. The molecule has 0 radical (unpaired) electrons. The van der Waals surface area contributed by atoms with Gasteiger partial charge in [-0.25, -0.2) is 0 Å². The highest BCUT2D eigenvalue weighted by atomic mass is 127. The van der Waals surface area contributed by atoms with E-state index in [2.05, 4.69) is 22.6 Å². The van der Waals surface area contributed by atoms with Gasteiger partial charge in [0.15, 0.2) is 0 Å². The smallest absolute Gasteiger partial charge is 0.257 e. The lowest BCUT2D eigenvalue weighted by atomic mass is 10.1. The first-order valence-electron chi connectivity index (χ1n) is 6.41. The zero-order valence-corrected chi connectivity index (χ0v) is 13.3. The molecule has 1 saturated heterocycles. The van der Waals surface area contributed by atoms with Crippen LogP contribution in [0.4, 0.5) is 0 Å². The standard InChI is InChI=1S/C14H18INO3/c1-10(2)19-13-9-11(15)3-4-12(13)14(17)16-5-7-18-8-6-16/h3-4,9-10H,5-8H2,1-2H3. The van der Waals surface area contributed by atoms with E-state index in [4.69, 9.17) is 9.47 Å². The number of hydrogen-bond acceptors (Lipinski definition) is 3. The molecule has 0 spiro atoms. The summed E-state index contributed by atoms with van der Waals surface area (Å²) in [7, 11) is 0. The third-order valence-electron chi connectivity index (χ3n) is 2.84. The van der Waals surface area contributed by atoms with Crippen LogP contribution in [0.1, 0.15) is 24.2 Å². The van der Waals surface area contributed by atoms with E-state index in [1.807, 2.05) is 36.9 Å². The van der Waals surface area contributed by atoms with Crippen molar-refractivity contribution in [2.45, 2.75) is 20.0 Å². The van der Waals surface area contributed by atoms with E-state index in [1.165, 1.54) is 0 Å². The van der Waals surface area contributed by atoms with Crippen LogP contribution in [0.25, 0.3) is 0 Å². The van der Waals surface area contributed by atoms with Crippen LogP contribution in [0.2, 0.25) is 0 Å². The molecule has 0 aliphatic carbocycles. The van der Waals surface area contributed by atoms with E-state index < -0.39 is 0 Å². The number of morpholine rings is 1. The van der Waals surface area contributed by atoms with E-state index in [0.717, 1.165) is 3.57 Å². The molecule has 0 aromatic heterocycles. The molecule has 19 heavy (non-hydrogen) atoms. The number of carbonyl (C=O) groups excluding carboxylic acids is 1. The molecule has 1 heterocycles. The van der Waals surface area contributed by atoms with Gasteiger partial charge in [0.2, 0.25) is 0 Å². The first kappa shape index (κ1) is 14.6. The second-order valence-corrected chi connectivity index (χ2v) is 5.96. The van der Waals surface area contributed by atoms with Gasteiger partial charge in [-0.3, -0.25) is 4.79 Å². The van der Waals surface area contributed by atoms with Gasteiger partial charge in [-0.15, -0.1) is 0 Å². The summed E-state index contributed by atoms with van der Waals surface area (Å²) in [5.41, 5.74) is 0.635. The van der Waals surface area contributed by atoms with Crippen molar-refractivity contribution in [2.24, 2.45) is 0 Å². The summed E-state index contributed by atoms with van der Waals surface area (Å²) in [5.74, 6) is 0.689. The summed E-state index contributed by atoms with van der Waals surface area (Å²) in [6.45, 7) is 6.43. The Labute approximate surface area is 127 Å². The molecule has 1 aromatic rings. The molecule has 1 aliphatic heterocycles. The molecule has 4 nitrogen and oxygen atoms in total. The van der Waals surface area contributed by atoms with Crippen LogP contribution < -0.4 is 4.74 Å². The normalized spacial score (nSPS) is 15.7. The molecule has 0 saturated carbocycles. The summed E-state index contributed by atoms with van der Waals surface area (Å²) in [4.78, 5) is 14.3. The number of carbonyl (C=O) groups is 1. The fraction of sp³-hybridized carbons (Fsp3) is 0.500. The summed E-state index contributed by atoms with van der Waals surface area (Å²) in [5, 5.41) is 0. The fourth-order valence-corrected chi connectivity index (χ4v) is 2.42. The SMILES string of the molecule is CC(C)Oc1cc(I)ccc1C(=O)N1CCOCC1. The van der Waals surface area contributed by atoms with Crippen molar-refractivity contribution in [3.05, 3.63) is 27.3 Å². The molecule has 1 fully saturated rings. The van der Waals surface area contributed by atoms with Crippen LogP contribution >= 0.6 is 22.6 Å². The van der Waals surface area contributed by atoms with Gasteiger partial charge < -0.3 is 14.4 Å². The largest absolute Gasteiger partial charge is 0.490 e. The minimum absolute atomic E-state index is 0.0235. The highest BCUT2D eigenvalue weighted by molar-refractivity contribution is 14.1. The van der Waals surface area contributed by atoms with Crippen molar-refractivity contribution in [3.8, 4) is 5.75 Å². The Bertz CT molecular complexity index is 456. The lowest BCUT2D eigenvalue weighted by Crippen LogP contribution is -2.40.